The Morgan fingerprint density at radius 3 is 2.40 bits per heavy atom. The third-order valence-electron chi connectivity index (χ3n) is 2.96. The monoisotopic (exact) mass is 301 g/mol. The molecule has 0 fully saturated rings. The number of rotatable bonds is 7. The third-order valence-corrected chi connectivity index (χ3v) is 4.79. The average Bonchev–Trinajstić information content (AvgIpc) is 2.45. The van der Waals surface area contributed by atoms with Gasteiger partial charge in [-0.15, -0.1) is 0 Å². The zero-order valence-corrected chi connectivity index (χ0v) is 12.3. The molecule has 6 nitrogen and oxygen atoms in total. The molecule has 0 bridgehead atoms. The minimum atomic E-state index is -3.59. The molecule has 0 aliphatic heterocycles. The first-order valence-corrected chi connectivity index (χ1v) is 7.90. The van der Waals surface area contributed by atoms with Crippen LogP contribution in [0.2, 0.25) is 0 Å². The molecule has 1 rings (SSSR count). The molecule has 0 heterocycles. The van der Waals surface area contributed by atoms with Crippen molar-refractivity contribution in [3.05, 3.63) is 24.3 Å². The number of carbonyl (C=O) groups excluding carboxylic acids is 1. The van der Waals surface area contributed by atoms with Gasteiger partial charge in [-0.25, -0.2) is 13.9 Å². The lowest BCUT2D eigenvalue weighted by Crippen LogP contribution is -2.32. The summed E-state index contributed by atoms with van der Waals surface area (Å²) in [6.07, 6.45) is 1.04. The van der Waals surface area contributed by atoms with Crippen molar-refractivity contribution < 1.29 is 23.2 Å². The van der Waals surface area contributed by atoms with Crippen molar-refractivity contribution >= 4 is 15.7 Å². The van der Waals surface area contributed by atoms with Gasteiger partial charge in [-0.3, -0.25) is 10.0 Å². The van der Waals surface area contributed by atoms with Crippen molar-refractivity contribution in [2.45, 2.75) is 24.7 Å². The number of hydrogen-bond acceptors (Lipinski definition) is 5. The van der Waals surface area contributed by atoms with E-state index in [-0.39, 0.29) is 10.6 Å². The minimum Gasteiger partial charge on any atom is -0.497 e. The summed E-state index contributed by atoms with van der Waals surface area (Å²) in [4.78, 5) is 11.6. The summed E-state index contributed by atoms with van der Waals surface area (Å²) in [6, 6.07) is 5.98. The van der Waals surface area contributed by atoms with Gasteiger partial charge in [0, 0.05) is 0 Å². The van der Waals surface area contributed by atoms with E-state index in [0.29, 0.717) is 18.6 Å². The largest absolute Gasteiger partial charge is 0.497 e. The molecule has 0 saturated heterocycles. The Kier molecular flexibility index (Phi) is 5.97. The number of ether oxygens (including phenoxy) is 1. The quantitative estimate of drug-likeness (QED) is 0.586. The molecule has 0 radical (unpaired) electrons. The summed E-state index contributed by atoms with van der Waals surface area (Å²) in [5.74, 6) is -1.22. The van der Waals surface area contributed by atoms with Crippen LogP contribution >= 0.6 is 0 Å². The molecule has 1 aromatic carbocycles. The Bertz CT molecular complexity index is 538. The summed E-state index contributed by atoms with van der Waals surface area (Å²) in [7, 11) is -2.10. The highest BCUT2D eigenvalue weighted by Gasteiger charge is 2.26. The topological polar surface area (TPSA) is 92.7 Å². The molecule has 0 aromatic heterocycles. The molecule has 112 valence electrons. The van der Waals surface area contributed by atoms with Gasteiger partial charge < -0.3 is 4.74 Å². The Morgan fingerprint density at radius 2 is 1.95 bits per heavy atom. The van der Waals surface area contributed by atoms with Gasteiger partial charge in [-0.2, -0.15) is 0 Å². The van der Waals surface area contributed by atoms with E-state index in [4.69, 9.17) is 9.94 Å². The summed E-state index contributed by atoms with van der Waals surface area (Å²) in [5.41, 5.74) is 1.52. The van der Waals surface area contributed by atoms with Gasteiger partial charge in [0.1, 0.15) is 5.75 Å². The number of carbonyl (C=O) groups is 1. The van der Waals surface area contributed by atoms with Crippen molar-refractivity contribution in [2.24, 2.45) is 5.92 Å². The number of hydrogen-bond donors (Lipinski definition) is 2. The lowest BCUT2D eigenvalue weighted by atomic mass is 10.1. The molecule has 1 amide bonds. The van der Waals surface area contributed by atoms with Crippen LogP contribution in [0.1, 0.15) is 19.8 Å². The molecule has 7 heteroatoms. The SMILES string of the molecule is CCCC(CS(=O)(=O)c1ccc(OC)cc1)C(=O)NO. The van der Waals surface area contributed by atoms with E-state index in [1.54, 1.807) is 12.1 Å². The molecule has 1 aromatic rings. The number of hydroxylamine groups is 1. The maximum absolute atomic E-state index is 12.2. The summed E-state index contributed by atoms with van der Waals surface area (Å²) in [5, 5.41) is 8.66. The smallest absolute Gasteiger partial charge is 0.247 e. The van der Waals surface area contributed by atoms with Crippen LogP contribution in [0, 0.1) is 5.92 Å². The van der Waals surface area contributed by atoms with Gasteiger partial charge in [-0.05, 0) is 30.7 Å². The van der Waals surface area contributed by atoms with Crippen molar-refractivity contribution in [2.75, 3.05) is 12.9 Å². The van der Waals surface area contributed by atoms with Crippen LogP contribution < -0.4 is 10.2 Å². The maximum atomic E-state index is 12.2. The summed E-state index contributed by atoms with van der Waals surface area (Å²) in [6.45, 7) is 1.84. The van der Waals surface area contributed by atoms with Crippen LogP contribution in [0.3, 0.4) is 0 Å². The van der Waals surface area contributed by atoms with Crippen LogP contribution in [0.15, 0.2) is 29.2 Å². The second-order valence-electron chi connectivity index (χ2n) is 4.42. The highest BCUT2D eigenvalue weighted by molar-refractivity contribution is 7.91. The number of benzene rings is 1. The average molecular weight is 301 g/mol. The molecule has 0 spiro atoms. The molecule has 0 saturated carbocycles. The van der Waals surface area contributed by atoms with Gasteiger partial charge in [0.25, 0.3) is 0 Å². The third kappa shape index (κ3) is 4.21. The highest BCUT2D eigenvalue weighted by atomic mass is 32.2. The first-order chi connectivity index (χ1) is 9.44. The van der Waals surface area contributed by atoms with Gasteiger partial charge in [0.15, 0.2) is 9.84 Å². The number of methoxy groups -OCH3 is 1. The van der Waals surface area contributed by atoms with E-state index in [9.17, 15) is 13.2 Å². The number of sulfone groups is 1. The van der Waals surface area contributed by atoms with Gasteiger partial charge in [0.2, 0.25) is 5.91 Å². The second-order valence-corrected chi connectivity index (χ2v) is 6.45. The second kappa shape index (κ2) is 7.25. The minimum absolute atomic E-state index is 0.130. The van der Waals surface area contributed by atoms with E-state index in [2.05, 4.69) is 0 Å². The van der Waals surface area contributed by atoms with E-state index >= 15 is 0 Å². The summed E-state index contributed by atoms with van der Waals surface area (Å²) < 4.78 is 29.4. The number of amides is 1. The molecule has 20 heavy (non-hydrogen) atoms. The molecule has 1 atom stereocenters. The van der Waals surface area contributed by atoms with Crippen LogP contribution in [-0.2, 0) is 14.6 Å². The van der Waals surface area contributed by atoms with Crippen molar-refractivity contribution in [3.63, 3.8) is 0 Å². The highest BCUT2D eigenvalue weighted by Crippen LogP contribution is 2.20. The molecule has 0 aliphatic carbocycles. The van der Waals surface area contributed by atoms with Crippen molar-refractivity contribution in [1.29, 1.82) is 0 Å². The van der Waals surface area contributed by atoms with Crippen LogP contribution in [0.5, 0.6) is 5.75 Å². The summed E-state index contributed by atoms with van der Waals surface area (Å²) >= 11 is 0. The Balaban J connectivity index is 2.93. The van der Waals surface area contributed by atoms with E-state index in [1.165, 1.54) is 24.7 Å². The molecule has 0 aliphatic rings. The van der Waals surface area contributed by atoms with E-state index < -0.39 is 21.7 Å². The fraction of sp³-hybridized carbons (Fsp3) is 0.462. The Morgan fingerprint density at radius 1 is 1.35 bits per heavy atom. The lowest BCUT2D eigenvalue weighted by molar-refractivity contribution is -0.132. The predicted octanol–water partition coefficient (Wildman–Crippen LogP) is 1.39. The first kappa shape index (κ1) is 16.5. The first-order valence-electron chi connectivity index (χ1n) is 6.25. The molecular formula is C13H19NO5S. The van der Waals surface area contributed by atoms with Crippen LogP contribution in [0.25, 0.3) is 0 Å². The Hall–Kier alpha value is -1.60. The maximum Gasteiger partial charge on any atom is 0.247 e. The number of nitrogens with one attached hydrogen (secondary N) is 1. The van der Waals surface area contributed by atoms with E-state index in [0.717, 1.165) is 0 Å². The standard InChI is InChI=1S/C13H19NO5S/c1-3-4-10(13(15)14-16)9-20(17,18)12-7-5-11(19-2)6-8-12/h5-8,10,16H,3-4,9H2,1-2H3,(H,14,15). The van der Waals surface area contributed by atoms with Crippen LogP contribution in [-0.4, -0.2) is 32.4 Å². The Labute approximate surface area is 118 Å². The molecule has 1 unspecified atom stereocenters. The van der Waals surface area contributed by atoms with Gasteiger partial charge in [-0.1, -0.05) is 13.3 Å². The zero-order valence-electron chi connectivity index (χ0n) is 11.5. The fourth-order valence-corrected chi connectivity index (χ4v) is 3.46. The van der Waals surface area contributed by atoms with Crippen molar-refractivity contribution in [1.82, 2.24) is 5.48 Å². The zero-order chi connectivity index (χ0) is 15.2. The van der Waals surface area contributed by atoms with Crippen LogP contribution in [0.4, 0.5) is 0 Å². The predicted molar refractivity (Wildman–Crippen MR) is 73.4 cm³/mol. The fourth-order valence-electron chi connectivity index (χ4n) is 1.87. The normalized spacial score (nSPS) is 12.8. The lowest BCUT2D eigenvalue weighted by Gasteiger charge is -2.14. The van der Waals surface area contributed by atoms with Gasteiger partial charge >= 0.3 is 0 Å². The molecule has 2 N–H and O–H groups in total. The van der Waals surface area contributed by atoms with E-state index in [1.807, 2.05) is 6.92 Å². The van der Waals surface area contributed by atoms with Gasteiger partial charge in [0.05, 0.1) is 23.7 Å². The molecular weight excluding hydrogens is 282 g/mol. The van der Waals surface area contributed by atoms with Crippen molar-refractivity contribution in [3.8, 4) is 5.75 Å².